The molecular formula is C26H37N5O5. The molecule has 2 aromatic carbocycles. The van der Waals surface area contributed by atoms with E-state index in [2.05, 4.69) is 5.32 Å². The molecule has 10 nitrogen and oxygen atoms in total. The number of benzene rings is 2. The van der Waals surface area contributed by atoms with Crippen LogP contribution in [0.5, 0.6) is 0 Å². The van der Waals surface area contributed by atoms with Crippen LogP contribution in [-0.4, -0.2) is 58.9 Å². The van der Waals surface area contributed by atoms with E-state index in [1.54, 1.807) is 5.48 Å². The third-order valence-corrected chi connectivity index (χ3v) is 6.08. The van der Waals surface area contributed by atoms with Crippen LogP contribution < -0.4 is 22.3 Å². The first kappa shape index (κ1) is 28.7. The van der Waals surface area contributed by atoms with Crippen LogP contribution in [0.3, 0.4) is 0 Å². The zero-order chi connectivity index (χ0) is 26.8. The number of nitrogens with one attached hydrogen (secondary N) is 2. The fraction of sp³-hybridized carbons (Fsp3) is 0.462. The Morgan fingerprint density at radius 2 is 1.69 bits per heavy atom. The summed E-state index contributed by atoms with van der Waals surface area (Å²) in [6.07, 6.45) is 0.296. The predicted octanol–water partition coefficient (Wildman–Crippen LogP) is 1.09. The van der Waals surface area contributed by atoms with E-state index in [9.17, 15) is 19.2 Å². The number of carbonyl (C=O) groups excluding carboxylic acids is 4. The second kappa shape index (κ2) is 13.6. The van der Waals surface area contributed by atoms with Gasteiger partial charge >= 0.3 is 0 Å². The Morgan fingerprint density at radius 3 is 2.28 bits per heavy atom. The molecule has 0 saturated heterocycles. The van der Waals surface area contributed by atoms with Gasteiger partial charge in [0.1, 0.15) is 12.1 Å². The summed E-state index contributed by atoms with van der Waals surface area (Å²) in [5, 5.41) is 13.8. The molecule has 4 amide bonds. The molecule has 0 saturated carbocycles. The molecule has 10 heteroatoms. The van der Waals surface area contributed by atoms with E-state index in [1.165, 1.54) is 11.8 Å². The Bertz CT molecular complexity index is 1070. The average molecular weight is 500 g/mol. The highest BCUT2D eigenvalue weighted by atomic mass is 16.5. The number of hydrogen-bond acceptors (Lipinski definition) is 6. The van der Waals surface area contributed by atoms with Crippen LogP contribution in [-0.2, 0) is 25.6 Å². The first-order chi connectivity index (χ1) is 17.1. The van der Waals surface area contributed by atoms with Crippen molar-refractivity contribution in [3.05, 3.63) is 48.0 Å². The molecule has 0 aliphatic rings. The molecule has 0 heterocycles. The number of amides is 4. The van der Waals surface area contributed by atoms with Crippen molar-refractivity contribution < 1.29 is 24.4 Å². The van der Waals surface area contributed by atoms with Crippen LogP contribution in [0.15, 0.2) is 42.5 Å². The molecular weight excluding hydrogens is 462 g/mol. The number of fused-ring (bicyclic) bond motifs is 1. The minimum Gasteiger partial charge on any atom is -0.368 e. The molecule has 0 radical (unpaired) electrons. The van der Waals surface area contributed by atoms with Crippen molar-refractivity contribution in [3.8, 4) is 0 Å². The Kier molecular flexibility index (Phi) is 10.8. The molecule has 36 heavy (non-hydrogen) atoms. The van der Waals surface area contributed by atoms with Gasteiger partial charge in [0.15, 0.2) is 0 Å². The zero-order valence-electron chi connectivity index (χ0n) is 21.1. The normalized spacial score (nSPS) is 13.6. The summed E-state index contributed by atoms with van der Waals surface area (Å²) in [5.41, 5.74) is 13.5. The van der Waals surface area contributed by atoms with Gasteiger partial charge in [-0.25, -0.2) is 5.48 Å². The van der Waals surface area contributed by atoms with Gasteiger partial charge in [-0.05, 0) is 35.6 Å². The summed E-state index contributed by atoms with van der Waals surface area (Å²) < 4.78 is 0. The van der Waals surface area contributed by atoms with Crippen LogP contribution in [0.1, 0.15) is 39.2 Å². The maximum absolute atomic E-state index is 13.6. The van der Waals surface area contributed by atoms with E-state index in [4.69, 9.17) is 16.7 Å². The van der Waals surface area contributed by atoms with Gasteiger partial charge in [-0.2, -0.15) is 0 Å². The summed E-state index contributed by atoms with van der Waals surface area (Å²) in [5.74, 6) is -3.05. The van der Waals surface area contributed by atoms with Crippen molar-refractivity contribution in [3.63, 3.8) is 0 Å². The molecule has 0 aromatic heterocycles. The molecule has 196 valence electrons. The highest BCUT2D eigenvalue weighted by Crippen LogP contribution is 2.20. The van der Waals surface area contributed by atoms with Crippen LogP contribution in [0.25, 0.3) is 10.8 Å². The fourth-order valence-corrected chi connectivity index (χ4v) is 4.20. The van der Waals surface area contributed by atoms with E-state index >= 15 is 0 Å². The van der Waals surface area contributed by atoms with Crippen LogP contribution in [0.2, 0.25) is 0 Å². The summed E-state index contributed by atoms with van der Waals surface area (Å²) >= 11 is 0. The minimum absolute atomic E-state index is 0.0787. The number of primary amides is 1. The van der Waals surface area contributed by atoms with E-state index in [1.807, 2.05) is 56.3 Å². The molecule has 0 aliphatic heterocycles. The van der Waals surface area contributed by atoms with Gasteiger partial charge < -0.3 is 21.7 Å². The number of rotatable bonds is 13. The van der Waals surface area contributed by atoms with Crippen molar-refractivity contribution in [1.82, 2.24) is 15.7 Å². The minimum atomic E-state index is -1.03. The van der Waals surface area contributed by atoms with E-state index < -0.39 is 41.6 Å². The van der Waals surface area contributed by atoms with Crippen LogP contribution in [0, 0.1) is 11.8 Å². The van der Waals surface area contributed by atoms with E-state index in [0.717, 1.165) is 16.3 Å². The summed E-state index contributed by atoms with van der Waals surface area (Å²) in [4.78, 5) is 51.9. The number of hydroxylamine groups is 1. The van der Waals surface area contributed by atoms with Crippen molar-refractivity contribution in [2.75, 3.05) is 13.1 Å². The van der Waals surface area contributed by atoms with Gasteiger partial charge in [0.25, 0.3) is 0 Å². The lowest BCUT2D eigenvalue weighted by Gasteiger charge is -2.32. The van der Waals surface area contributed by atoms with Crippen LogP contribution in [0.4, 0.5) is 0 Å². The second-order valence-electron chi connectivity index (χ2n) is 9.41. The zero-order valence-corrected chi connectivity index (χ0v) is 21.1. The fourth-order valence-electron chi connectivity index (χ4n) is 4.20. The van der Waals surface area contributed by atoms with Crippen molar-refractivity contribution in [2.45, 2.75) is 52.1 Å². The van der Waals surface area contributed by atoms with Gasteiger partial charge in [0.2, 0.25) is 23.6 Å². The molecule has 0 aliphatic carbocycles. The SMILES string of the molecule is CC(C)C[C@H](CC(=O)NO)C(=O)N[C@@H](Cc1ccc2ccccc2c1)C(=O)N(CCN)[C@@H](C)C(N)=O. The van der Waals surface area contributed by atoms with E-state index in [-0.39, 0.29) is 31.8 Å². The van der Waals surface area contributed by atoms with Gasteiger partial charge in [-0.1, -0.05) is 56.3 Å². The van der Waals surface area contributed by atoms with Gasteiger partial charge in [-0.15, -0.1) is 0 Å². The lowest BCUT2D eigenvalue weighted by molar-refractivity contribution is -0.143. The molecule has 0 fully saturated rings. The van der Waals surface area contributed by atoms with Gasteiger partial charge in [0, 0.05) is 31.8 Å². The lowest BCUT2D eigenvalue weighted by Crippen LogP contribution is -2.56. The highest BCUT2D eigenvalue weighted by Gasteiger charge is 2.33. The first-order valence-electron chi connectivity index (χ1n) is 12.1. The Labute approximate surface area is 211 Å². The molecule has 0 spiro atoms. The Balaban J connectivity index is 2.40. The third kappa shape index (κ3) is 8.03. The number of carbonyl (C=O) groups is 4. The van der Waals surface area contributed by atoms with Crippen molar-refractivity contribution in [1.29, 1.82) is 0 Å². The number of nitrogens with two attached hydrogens (primary N) is 2. The molecule has 2 rings (SSSR count). The summed E-state index contributed by atoms with van der Waals surface area (Å²) in [6, 6.07) is 11.6. The smallest absolute Gasteiger partial charge is 0.246 e. The Hall–Kier alpha value is -3.50. The first-order valence-corrected chi connectivity index (χ1v) is 12.1. The lowest BCUT2D eigenvalue weighted by atomic mass is 9.92. The standard InChI is InChI=1S/C26H37N5O5/c1-16(2)12-21(15-23(32)30-36)25(34)29-22(26(35)31(11-10-27)17(3)24(28)33)14-18-8-9-19-6-4-5-7-20(19)13-18/h4-9,13,16-17,21-22,36H,10-12,14-15,27H2,1-3H3,(H2,28,33)(H,29,34)(H,30,32)/t17-,21+,22-/m0/s1. The number of nitrogens with zero attached hydrogens (tertiary/aromatic N) is 1. The topological polar surface area (TPSA) is 168 Å². The maximum Gasteiger partial charge on any atom is 0.246 e. The summed E-state index contributed by atoms with van der Waals surface area (Å²) in [7, 11) is 0. The monoisotopic (exact) mass is 499 g/mol. The van der Waals surface area contributed by atoms with Gasteiger partial charge in [0.05, 0.1) is 0 Å². The molecule has 3 atom stereocenters. The van der Waals surface area contributed by atoms with Crippen molar-refractivity contribution >= 4 is 34.4 Å². The number of hydrogen-bond donors (Lipinski definition) is 5. The molecule has 2 aromatic rings. The largest absolute Gasteiger partial charge is 0.368 e. The third-order valence-electron chi connectivity index (χ3n) is 6.08. The molecule has 7 N–H and O–H groups in total. The highest BCUT2D eigenvalue weighted by molar-refractivity contribution is 5.93. The molecule has 0 unspecified atom stereocenters. The van der Waals surface area contributed by atoms with Crippen LogP contribution >= 0.6 is 0 Å². The summed E-state index contributed by atoms with van der Waals surface area (Å²) in [6.45, 7) is 5.51. The quantitative estimate of drug-likeness (QED) is 0.204. The Morgan fingerprint density at radius 1 is 1.03 bits per heavy atom. The molecule has 0 bridgehead atoms. The van der Waals surface area contributed by atoms with E-state index in [0.29, 0.717) is 6.42 Å². The van der Waals surface area contributed by atoms with Gasteiger partial charge in [-0.3, -0.25) is 24.4 Å². The average Bonchev–Trinajstić information content (AvgIpc) is 2.85. The van der Waals surface area contributed by atoms with Crippen molar-refractivity contribution in [2.24, 2.45) is 23.3 Å². The predicted molar refractivity (Wildman–Crippen MR) is 136 cm³/mol. The second-order valence-corrected chi connectivity index (χ2v) is 9.41. The maximum atomic E-state index is 13.6.